The zero-order chi connectivity index (χ0) is 25.8. The number of aliphatic hydroxyl groups is 1. The van der Waals surface area contributed by atoms with Crippen LogP contribution in [-0.2, 0) is 19.1 Å². The Morgan fingerprint density at radius 1 is 1.11 bits per heavy atom. The molecule has 2 saturated heterocycles. The monoisotopic (exact) mass is 493 g/mol. The highest BCUT2D eigenvalue weighted by atomic mass is 16.5. The van der Waals surface area contributed by atoms with E-state index in [9.17, 15) is 19.5 Å². The number of carbonyl (C=O) groups excluding carboxylic acids is 3. The Balaban J connectivity index is 1.64. The third-order valence-electron chi connectivity index (χ3n) is 8.07. The van der Waals surface area contributed by atoms with Gasteiger partial charge < -0.3 is 24.5 Å². The van der Waals surface area contributed by atoms with E-state index in [1.807, 2.05) is 63.3 Å². The molecule has 1 unspecified atom stereocenters. The Morgan fingerprint density at radius 3 is 2.61 bits per heavy atom. The molecule has 2 fully saturated rings. The molecule has 4 aliphatic heterocycles. The fourth-order valence-electron chi connectivity index (χ4n) is 6.39. The first-order valence-electron chi connectivity index (χ1n) is 12.9. The van der Waals surface area contributed by atoms with Gasteiger partial charge in [-0.1, -0.05) is 43.4 Å². The number of carbonyl (C=O) groups is 3. The molecule has 0 saturated carbocycles. The molecule has 5 rings (SSSR count). The molecule has 6 atom stereocenters. The fourth-order valence-corrected chi connectivity index (χ4v) is 6.39. The van der Waals surface area contributed by atoms with Crippen LogP contribution in [0.2, 0.25) is 0 Å². The van der Waals surface area contributed by atoms with Crippen LogP contribution in [0.5, 0.6) is 0 Å². The van der Waals surface area contributed by atoms with Crippen molar-refractivity contribution < 1.29 is 24.2 Å². The maximum Gasteiger partial charge on any atom is 0.253 e. The minimum atomic E-state index is -1.28. The second-order valence-electron chi connectivity index (χ2n) is 10.5. The van der Waals surface area contributed by atoms with Crippen molar-refractivity contribution in [2.45, 2.75) is 57.9 Å². The van der Waals surface area contributed by atoms with E-state index in [0.717, 1.165) is 23.2 Å². The van der Waals surface area contributed by atoms with E-state index < -0.39 is 35.6 Å². The number of aliphatic hydroxyl groups excluding tert-OH is 1. The van der Waals surface area contributed by atoms with Crippen molar-refractivity contribution in [3.05, 3.63) is 53.6 Å². The standard InChI is InChI=1S/C28H35N3O5/c1-5-12-29-13-6-8-21-22(25(29)33)23-26(34)31(19(4)16-32)24-27(35)30(14-7-11-28(23,24)36-21)20-15-17(2)9-10-18(20)3/h6-11,15,19,21-24,32H,5,12-14,16H2,1-4H3/t19-,21-,22+,23+,24?,28+/m1/s1. The summed E-state index contributed by atoms with van der Waals surface area (Å²) >= 11 is 0. The fraction of sp³-hybridized carbons (Fsp3) is 0.536. The summed E-state index contributed by atoms with van der Waals surface area (Å²) in [6.45, 7) is 8.78. The van der Waals surface area contributed by atoms with Gasteiger partial charge in [0.05, 0.1) is 30.6 Å². The molecule has 1 aromatic carbocycles. The number of amides is 3. The van der Waals surface area contributed by atoms with Gasteiger partial charge in [-0.3, -0.25) is 14.4 Å². The van der Waals surface area contributed by atoms with Crippen molar-refractivity contribution in [3.8, 4) is 0 Å². The number of aryl methyl sites for hydroxylation is 2. The van der Waals surface area contributed by atoms with E-state index in [4.69, 9.17) is 4.74 Å². The lowest BCUT2D eigenvalue weighted by atomic mass is 9.77. The highest BCUT2D eigenvalue weighted by Crippen LogP contribution is 2.54. The Labute approximate surface area is 212 Å². The van der Waals surface area contributed by atoms with Gasteiger partial charge in [0.1, 0.15) is 11.6 Å². The van der Waals surface area contributed by atoms with Crippen LogP contribution in [0.3, 0.4) is 0 Å². The summed E-state index contributed by atoms with van der Waals surface area (Å²) in [7, 11) is 0. The summed E-state index contributed by atoms with van der Waals surface area (Å²) in [6, 6.07) is 4.37. The minimum absolute atomic E-state index is 0.115. The van der Waals surface area contributed by atoms with Crippen LogP contribution in [0, 0.1) is 25.7 Å². The molecule has 0 aromatic heterocycles. The molecule has 8 nitrogen and oxygen atoms in total. The normalized spacial score (nSPS) is 32.4. The van der Waals surface area contributed by atoms with Crippen LogP contribution >= 0.6 is 0 Å². The van der Waals surface area contributed by atoms with Crippen LogP contribution < -0.4 is 4.90 Å². The Kier molecular flexibility index (Phi) is 6.29. The number of benzene rings is 1. The second-order valence-corrected chi connectivity index (χ2v) is 10.5. The van der Waals surface area contributed by atoms with Gasteiger partial charge in [0, 0.05) is 25.3 Å². The number of fused-ring (bicyclic) bond motifs is 2. The van der Waals surface area contributed by atoms with Crippen LogP contribution in [0.15, 0.2) is 42.5 Å². The lowest BCUT2D eigenvalue weighted by Crippen LogP contribution is -2.57. The van der Waals surface area contributed by atoms with Crippen molar-refractivity contribution >= 4 is 23.4 Å². The maximum atomic E-state index is 14.3. The number of rotatable bonds is 5. The number of ether oxygens (including phenoxy) is 1. The smallest absolute Gasteiger partial charge is 0.253 e. The Morgan fingerprint density at radius 2 is 1.89 bits per heavy atom. The first-order valence-corrected chi connectivity index (χ1v) is 12.9. The molecule has 8 heteroatoms. The SMILES string of the molecule is CCCN1CC=C[C@H]2O[C@]34C=CCN(c5cc(C)ccc5C)C(=O)C3N([C@H](C)CO)C(=O)[C@@H]4[C@H]2C1=O. The van der Waals surface area contributed by atoms with Crippen molar-refractivity contribution in [3.63, 3.8) is 0 Å². The highest BCUT2D eigenvalue weighted by Gasteiger charge is 2.72. The van der Waals surface area contributed by atoms with E-state index >= 15 is 0 Å². The van der Waals surface area contributed by atoms with Gasteiger partial charge in [-0.15, -0.1) is 0 Å². The highest BCUT2D eigenvalue weighted by molar-refractivity contribution is 6.06. The average Bonchev–Trinajstić information content (AvgIpc) is 3.18. The summed E-state index contributed by atoms with van der Waals surface area (Å²) in [6.07, 6.45) is 7.74. The van der Waals surface area contributed by atoms with Gasteiger partial charge in [-0.25, -0.2) is 0 Å². The molecule has 1 N–H and O–H groups in total. The first-order chi connectivity index (χ1) is 17.2. The van der Waals surface area contributed by atoms with Gasteiger partial charge >= 0.3 is 0 Å². The third-order valence-corrected chi connectivity index (χ3v) is 8.07. The molecule has 3 amide bonds. The third kappa shape index (κ3) is 3.53. The van der Waals surface area contributed by atoms with Gasteiger partial charge in [-0.05, 0) is 44.4 Å². The molecule has 0 radical (unpaired) electrons. The van der Waals surface area contributed by atoms with Crippen LogP contribution in [-0.4, -0.2) is 82.7 Å². The largest absolute Gasteiger partial charge is 0.394 e. The summed E-state index contributed by atoms with van der Waals surface area (Å²) < 4.78 is 6.63. The number of nitrogens with zero attached hydrogens (tertiary/aromatic N) is 3. The summed E-state index contributed by atoms with van der Waals surface area (Å²) in [5, 5.41) is 10.1. The molecule has 4 aliphatic rings. The topological polar surface area (TPSA) is 90.4 Å². The van der Waals surface area contributed by atoms with Gasteiger partial charge in [0.25, 0.3) is 5.91 Å². The van der Waals surface area contributed by atoms with Crippen molar-refractivity contribution in [2.24, 2.45) is 11.8 Å². The van der Waals surface area contributed by atoms with E-state index in [1.165, 1.54) is 4.90 Å². The van der Waals surface area contributed by atoms with E-state index in [2.05, 4.69) is 0 Å². The predicted molar refractivity (Wildman–Crippen MR) is 135 cm³/mol. The lowest BCUT2D eigenvalue weighted by molar-refractivity contribution is -0.146. The van der Waals surface area contributed by atoms with E-state index in [0.29, 0.717) is 19.6 Å². The zero-order valence-electron chi connectivity index (χ0n) is 21.4. The summed E-state index contributed by atoms with van der Waals surface area (Å²) in [5.41, 5.74) is 1.48. The quantitative estimate of drug-likeness (QED) is 0.634. The number of hydrogen-bond donors (Lipinski definition) is 1. The second kappa shape index (κ2) is 9.16. The maximum absolute atomic E-state index is 14.3. The zero-order valence-corrected chi connectivity index (χ0v) is 21.4. The molecule has 0 bridgehead atoms. The predicted octanol–water partition coefficient (Wildman–Crippen LogP) is 1.98. The van der Waals surface area contributed by atoms with Crippen molar-refractivity contribution in [1.82, 2.24) is 9.80 Å². The summed E-state index contributed by atoms with van der Waals surface area (Å²) in [4.78, 5) is 47.1. The van der Waals surface area contributed by atoms with Crippen molar-refractivity contribution in [2.75, 3.05) is 31.1 Å². The van der Waals surface area contributed by atoms with Gasteiger partial charge in [0.2, 0.25) is 11.8 Å². The van der Waals surface area contributed by atoms with E-state index in [-0.39, 0.29) is 24.3 Å². The molecule has 1 aromatic rings. The van der Waals surface area contributed by atoms with E-state index in [1.54, 1.807) is 16.7 Å². The van der Waals surface area contributed by atoms with Gasteiger partial charge in [-0.2, -0.15) is 0 Å². The molecular formula is C28H35N3O5. The van der Waals surface area contributed by atoms with Gasteiger partial charge in [0.15, 0.2) is 0 Å². The van der Waals surface area contributed by atoms with Crippen molar-refractivity contribution in [1.29, 1.82) is 0 Å². The Hall–Kier alpha value is -2.97. The lowest BCUT2D eigenvalue weighted by Gasteiger charge is -2.37. The molecule has 0 aliphatic carbocycles. The Bertz CT molecular complexity index is 1150. The van der Waals surface area contributed by atoms with Crippen LogP contribution in [0.1, 0.15) is 31.4 Å². The minimum Gasteiger partial charge on any atom is -0.394 e. The van der Waals surface area contributed by atoms with Crippen LogP contribution in [0.4, 0.5) is 5.69 Å². The summed E-state index contributed by atoms with van der Waals surface area (Å²) in [5.74, 6) is -2.24. The molecular weight excluding hydrogens is 458 g/mol. The number of anilines is 1. The molecule has 4 heterocycles. The van der Waals surface area contributed by atoms with Crippen LogP contribution in [0.25, 0.3) is 0 Å². The average molecular weight is 494 g/mol. The molecule has 192 valence electrons. The molecule has 36 heavy (non-hydrogen) atoms. The number of hydrogen-bond acceptors (Lipinski definition) is 5. The number of likely N-dealkylation sites (tertiary alicyclic amines) is 1. The molecule has 1 spiro atoms. The first kappa shape index (κ1) is 24.7.